The van der Waals surface area contributed by atoms with E-state index < -0.39 is 20.2 Å². The molecule has 0 unspecified atom stereocenters. The summed E-state index contributed by atoms with van der Waals surface area (Å²) >= 11 is 23.9. The van der Waals surface area contributed by atoms with E-state index in [0.717, 1.165) is 0 Å². The van der Waals surface area contributed by atoms with E-state index in [2.05, 4.69) is 0 Å². The van der Waals surface area contributed by atoms with Crippen molar-refractivity contribution in [3.05, 3.63) is 53.5 Å². The lowest BCUT2D eigenvalue weighted by Crippen LogP contribution is -2.31. The Bertz CT molecular complexity index is 532. The zero-order valence-electron chi connectivity index (χ0n) is 8.87. The van der Waals surface area contributed by atoms with Gasteiger partial charge in [0.25, 0.3) is 0 Å². The first-order valence-corrected chi connectivity index (χ1v) is 6.45. The number of hydrogen-bond acceptors (Lipinski definition) is 2. The van der Waals surface area contributed by atoms with Crippen LogP contribution in [0.5, 0.6) is 0 Å². The quantitative estimate of drug-likeness (QED) is 0.731. The fraction of sp³-hybridized carbons (Fsp3) is 0.167. The lowest BCUT2D eigenvalue weighted by Gasteiger charge is -2.32. The second-order valence-corrected chi connectivity index (χ2v) is 6.53. The number of alkyl halides is 4. The Labute approximate surface area is 124 Å². The van der Waals surface area contributed by atoms with Crippen LogP contribution in [0.4, 0.5) is 0 Å². The smallest absolute Gasteiger partial charge is 0.203 e. The van der Waals surface area contributed by atoms with Crippen LogP contribution in [0, 0.1) is 0 Å². The summed E-state index contributed by atoms with van der Waals surface area (Å²) in [5.74, 6) is -1.34. The first kappa shape index (κ1) is 13.9. The number of aliphatic hydroxyl groups is 2. The van der Waals surface area contributed by atoms with Gasteiger partial charge in [0.2, 0.25) is 4.33 Å². The molecule has 0 saturated heterocycles. The maximum absolute atomic E-state index is 9.83. The lowest BCUT2D eigenvalue weighted by atomic mass is 9.94. The van der Waals surface area contributed by atoms with Crippen LogP contribution in [0.25, 0.3) is 5.57 Å². The summed E-state index contributed by atoms with van der Waals surface area (Å²) in [6, 6.07) is 8.85. The Morgan fingerprint density at radius 1 is 0.833 bits per heavy atom. The van der Waals surface area contributed by atoms with Gasteiger partial charge in [-0.25, -0.2) is 0 Å². The zero-order chi connectivity index (χ0) is 13.6. The SMILES string of the molecule is OC1=C(O)C(Cl)(Cl)C(c2ccccc2)=CC1(Cl)Cl. The van der Waals surface area contributed by atoms with Crippen LogP contribution in [-0.4, -0.2) is 18.9 Å². The van der Waals surface area contributed by atoms with Gasteiger partial charge in [0.05, 0.1) is 0 Å². The average Bonchev–Trinajstić information content (AvgIpc) is 2.33. The second kappa shape index (κ2) is 4.53. The van der Waals surface area contributed by atoms with E-state index in [1.165, 1.54) is 6.08 Å². The van der Waals surface area contributed by atoms with Crippen molar-refractivity contribution >= 4 is 52.0 Å². The fourth-order valence-electron chi connectivity index (χ4n) is 1.66. The van der Waals surface area contributed by atoms with Crippen LogP contribution in [-0.2, 0) is 0 Å². The van der Waals surface area contributed by atoms with Crippen molar-refractivity contribution < 1.29 is 10.2 Å². The van der Waals surface area contributed by atoms with Gasteiger partial charge in [0.15, 0.2) is 15.9 Å². The van der Waals surface area contributed by atoms with Crippen LogP contribution in [0.1, 0.15) is 5.56 Å². The van der Waals surface area contributed by atoms with Crippen molar-refractivity contribution in [2.45, 2.75) is 8.67 Å². The highest BCUT2D eigenvalue weighted by atomic mass is 35.5. The summed E-state index contributed by atoms with van der Waals surface area (Å²) in [6.07, 6.45) is 1.31. The Hall–Kier alpha value is -0.540. The summed E-state index contributed by atoms with van der Waals surface area (Å²) in [4.78, 5) is 0. The fourth-order valence-corrected chi connectivity index (χ4v) is 2.56. The largest absolute Gasteiger partial charge is 0.506 e. The zero-order valence-corrected chi connectivity index (χ0v) is 11.9. The van der Waals surface area contributed by atoms with E-state index in [4.69, 9.17) is 46.4 Å². The number of allylic oxidation sites excluding steroid dienone is 2. The summed E-state index contributed by atoms with van der Waals surface area (Å²) in [5, 5.41) is 19.5. The van der Waals surface area contributed by atoms with Crippen molar-refractivity contribution in [3.63, 3.8) is 0 Å². The molecular weight excluding hydrogens is 318 g/mol. The Morgan fingerprint density at radius 3 is 1.94 bits per heavy atom. The number of benzene rings is 1. The molecular formula is C12H8Cl4O2. The highest BCUT2D eigenvalue weighted by Crippen LogP contribution is 2.51. The third-order valence-corrected chi connectivity index (χ3v) is 3.93. The highest BCUT2D eigenvalue weighted by molar-refractivity contribution is 6.58. The molecule has 1 aromatic rings. The summed E-state index contributed by atoms with van der Waals surface area (Å²) in [6.45, 7) is 0. The van der Waals surface area contributed by atoms with E-state index in [-0.39, 0.29) is 0 Å². The molecule has 0 bridgehead atoms. The van der Waals surface area contributed by atoms with Gasteiger partial charge in [-0.1, -0.05) is 76.7 Å². The predicted molar refractivity (Wildman–Crippen MR) is 75.6 cm³/mol. The molecule has 2 N–H and O–H groups in total. The Kier molecular flexibility index (Phi) is 3.50. The van der Waals surface area contributed by atoms with E-state index >= 15 is 0 Å². The summed E-state index contributed by atoms with van der Waals surface area (Å²) in [5.41, 5.74) is 0.957. The van der Waals surface area contributed by atoms with Crippen molar-refractivity contribution in [2.75, 3.05) is 0 Å². The average molecular weight is 326 g/mol. The summed E-state index contributed by atoms with van der Waals surface area (Å²) < 4.78 is -3.55. The van der Waals surface area contributed by atoms with Gasteiger partial charge in [-0.05, 0) is 11.6 Å². The summed E-state index contributed by atoms with van der Waals surface area (Å²) in [7, 11) is 0. The van der Waals surface area contributed by atoms with Crippen LogP contribution >= 0.6 is 46.4 Å². The predicted octanol–water partition coefficient (Wildman–Crippen LogP) is 4.76. The molecule has 1 aliphatic rings. The molecule has 0 radical (unpaired) electrons. The number of aliphatic hydroxyl groups excluding tert-OH is 2. The molecule has 0 amide bonds. The van der Waals surface area contributed by atoms with Gasteiger partial charge < -0.3 is 10.2 Å². The van der Waals surface area contributed by atoms with Gasteiger partial charge in [0, 0.05) is 5.57 Å². The monoisotopic (exact) mass is 324 g/mol. The van der Waals surface area contributed by atoms with Crippen molar-refractivity contribution in [1.29, 1.82) is 0 Å². The van der Waals surface area contributed by atoms with Crippen LogP contribution in [0.15, 0.2) is 47.9 Å². The van der Waals surface area contributed by atoms with Gasteiger partial charge in [0.1, 0.15) is 0 Å². The molecule has 96 valence electrons. The maximum atomic E-state index is 9.83. The molecule has 0 atom stereocenters. The number of rotatable bonds is 1. The van der Waals surface area contributed by atoms with Gasteiger partial charge in [-0.15, -0.1) is 0 Å². The minimum atomic E-state index is -1.79. The first-order chi connectivity index (χ1) is 8.27. The van der Waals surface area contributed by atoms with E-state index in [1.807, 2.05) is 6.07 Å². The molecule has 2 rings (SSSR count). The molecule has 0 spiro atoms. The highest BCUT2D eigenvalue weighted by Gasteiger charge is 2.47. The maximum Gasteiger partial charge on any atom is 0.203 e. The molecule has 1 aliphatic carbocycles. The Morgan fingerprint density at radius 2 is 1.39 bits per heavy atom. The molecule has 0 fully saturated rings. The van der Waals surface area contributed by atoms with Crippen LogP contribution in [0.3, 0.4) is 0 Å². The normalized spacial score (nSPS) is 21.7. The van der Waals surface area contributed by atoms with E-state index in [9.17, 15) is 10.2 Å². The Balaban J connectivity index is 2.62. The second-order valence-electron chi connectivity index (χ2n) is 3.82. The third-order valence-electron chi connectivity index (χ3n) is 2.59. The van der Waals surface area contributed by atoms with E-state index in [1.54, 1.807) is 24.3 Å². The van der Waals surface area contributed by atoms with Gasteiger partial charge in [-0.2, -0.15) is 0 Å². The van der Waals surface area contributed by atoms with Crippen LogP contribution in [0.2, 0.25) is 0 Å². The van der Waals surface area contributed by atoms with Gasteiger partial charge in [-0.3, -0.25) is 0 Å². The minimum absolute atomic E-state index is 0.312. The van der Waals surface area contributed by atoms with E-state index in [0.29, 0.717) is 11.1 Å². The molecule has 18 heavy (non-hydrogen) atoms. The molecule has 0 saturated carbocycles. The molecule has 2 nitrogen and oxygen atoms in total. The topological polar surface area (TPSA) is 40.5 Å². The number of hydrogen-bond donors (Lipinski definition) is 2. The third kappa shape index (κ3) is 2.19. The molecule has 0 aromatic heterocycles. The molecule has 1 aromatic carbocycles. The first-order valence-electron chi connectivity index (χ1n) is 4.94. The molecule has 0 heterocycles. The minimum Gasteiger partial charge on any atom is -0.506 e. The molecule has 6 heteroatoms. The van der Waals surface area contributed by atoms with Crippen molar-refractivity contribution in [2.24, 2.45) is 0 Å². The van der Waals surface area contributed by atoms with Gasteiger partial charge >= 0.3 is 0 Å². The van der Waals surface area contributed by atoms with Crippen molar-refractivity contribution in [1.82, 2.24) is 0 Å². The van der Waals surface area contributed by atoms with Crippen molar-refractivity contribution in [3.8, 4) is 0 Å². The number of halogens is 4. The standard InChI is InChI=1S/C12H8Cl4O2/c13-11(14)6-8(7-4-2-1-3-5-7)12(15,16)10(18)9(11)17/h1-6,17-18H. The van der Waals surface area contributed by atoms with Crippen LogP contribution < -0.4 is 0 Å². The lowest BCUT2D eigenvalue weighted by molar-refractivity contribution is 0.302. The molecule has 0 aliphatic heterocycles.